The Kier molecular flexibility index (Phi) is 6.52. The molecule has 1 aliphatic rings. The number of benzene rings is 1. The molecule has 2 amide bonds. The van der Waals surface area contributed by atoms with Crippen molar-refractivity contribution in [3.05, 3.63) is 53.0 Å². The van der Waals surface area contributed by atoms with E-state index in [1.165, 1.54) is 17.7 Å². The van der Waals surface area contributed by atoms with Crippen LogP contribution in [0.1, 0.15) is 35.5 Å². The van der Waals surface area contributed by atoms with Crippen LogP contribution in [0.15, 0.2) is 34.7 Å². The first-order valence-corrected chi connectivity index (χ1v) is 9.71. The lowest BCUT2D eigenvalue weighted by atomic mass is 9.96. The van der Waals surface area contributed by atoms with Gasteiger partial charge in [-0.05, 0) is 70.0 Å². The highest BCUT2D eigenvalue weighted by molar-refractivity contribution is 5.89. The van der Waals surface area contributed by atoms with Crippen molar-refractivity contribution in [2.75, 3.05) is 25.0 Å². The molecule has 0 spiro atoms. The quantitative estimate of drug-likeness (QED) is 0.735. The smallest absolute Gasteiger partial charge is 0.416 e. The van der Waals surface area contributed by atoms with Gasteiger partial charge < -0.3 is 15.1 Å². The van der Waals surface area contributed by atoms with Crippen molar-refractivity contribution in [1.82, 2.24) is 10.2 Å². The van der Waals surface area contributed by atoms with Gasteiger partial charge in [0.2, 0.25) is 0 Å². The molecule has 2 N–H and O–H groups in total. The largest absolute Gasteiger partial charge is 0.466 e. The lowest BCUT2D eigenvalue weighted by Crippen LogP contribution is -2.39. The second-order valence-corrected chi connectivity index (χ2v) is 7.57. The summed E-state index contributed by atoms with van der Waals surface area (Å²) in [4.78, 5) is 14.4. The summed E-state index contributed by atoms with van der Waals surface area (Å²) in [6, 6.07) is 6.20. The summed E-state index contributed by atoms with van der Waals surface area (Å²) in [5.74, 6) is 2.23. The maximum atomic E-state index is 12.8. The van der Waals surface area contributed by atoms with E-state index >= 15 is 0 Å². The Labute approximate surface area is 168 Å². The Balaban J connectivity index is 1.41. The fourth-order valence-electron chi connectivity index (χ4n) is 3.62. The average Bonchev–Trinajstić information content (AvgIpc) is 2.97. The summed E-state index contributed by atoms with van der Waals surface area (Å²) in [6.07, 6.45) is -2.52. The van der Waals surface area contributed by atoms with Crippen LogP contribution < -0.4 is 10.6 Å². The van der Waals surface area contributed by atoms with Crippen molar-refractivity contribution in [3.63, 3.8) is 0 Å². The van der Waals surface area contributed by atoms with E-state index in [0.29, 0.717) is 12.5 Å². The summed E-state index contributed by atoms with van der Waals surface area (Å²) < 4.78 is 43.8. The molecule has 0 aliphatic carbocycles. The number of anilines is 1. The number of rotatable bonds is 5. The minimum atomic E-state index is -4.43. The highest BCUT2D eigenvalue weighted by atomic mass is 19.4. The Bertz CT molecular complexity index is 840. The van der Waals surface area contributed by atoms with E-state index in [4.69, 9.17) is 4.42 Å². The molecule has 0 atom stereocenters. The van der Waals surface area contributed by atoms with Crippen LogP contribution in [0.3, 0.4) is 0 Å². The molecule has 0 radical (unpaired) electrons. The van der Waals surface area contributed by atoms with Gasteiger partial charge in [0.25, 0.3) is 0 Å². The number of amides is 2. The van der Waals surface area contributed by atoms with E-state index in [1.54, 1.807) is 0 Å². The van der Waals surface area contributed by atoms with Crippen molar-refractivity contribution in [1.29, 1.82) is 0 Å². The summed E-state index contributed by atoms with van der Waals surface area (Å²) in [6.45, 7) is 7.15. The minimum Gasteiger partial charge on any atom is -0.466 e. The number of nitrogens with one attached hydrogen (secondary N) is 2. The van der Waals surface area contributed by atoms with Crippen LogP contribution in [-0.4, -0.2) is 30.6 Å². The number of alkyl halides is 3. The second-order valence-electron chi connectivity index (χ2n) is 7.57. The monoisotopic (exact) mass is 409 g/mol. The summed E-state index contributed by atoms with van der Waals surface area (Å²) in [5, 5.41) is 5.24. The van der Waals surface area contributed by atoms with Gasteiger partial charge in [-0.2, -0.15) is 13.2 Å². The molecule has 29 heavy (non-hydrogen) atoms. The zero-order valence-corrected chi connectivity index (χ0v) is 16.6. The highest BCUT2D eigenvalue weighted by Gasteiger charge is 2.30. The lowest BCUT2D eigenvalue weighted by molar-refractivity contribution is -0.137. The normalized spacial score (nSPS) is 16.0. The van der Waals surface area contributed by atoms with Gasteiger partial charge in [0.05, 0.1) is 5.56 Å². The Morgan fingerprint density at radius 2 is 1.93 bits per heavy atom. The van der Waals surface area contributed by atoms with Gasteiger partial charge in [-0.25, -0.2) is 4.79 Å². The minimum absolute atomic E-state index is 0.123. The van der Waals surface area contributed by atoms with Crippen molar-refractivity contribution >= 4 is 11.7 Å². The van der Waals surface area contributed by atoms with E-state index in [1.807, 2.05) is 13.8 Å². The van der Waals surface area contributed by atoms with Gasteiger partial charge in [0.1, 0.15) is 11.5 Å². The van der Waals surface area contributed by atoms with Crippen LogP contribution in [-0.2, 0) is 12.7 Å². The molecule has 0 bridgehead atoms. The third kappa shape index (κ3) is 6.00. The molecule has 2 aromatic rings. The number of carbonyl (C=O) groups excluding carboxylic acids is 1. The summed E-state index contributed by atoms with van der Waals surface area (Å²) >= 11 is 0. The molecule has 0 unspecified atom stereocenters. The van der Waals surface area contributed by atoms with Crippen molar-refractivity contribution < 1.29 is 22.4 Å². The molecule has 1 aromatic heterocycles. The Morgan fingerprint density at radius 1 is 1.21 bits per heavy atom. The number of likely N-dealkylation sites (tertiary alicyclic amines) is 1. The third-order valence-electron chi connectivity index (χ3n) is 5.24. The molecule has 8 heteroatoms. The fourth-order valence-corrected chi connectivity index (χ4v) is 3.62. The summed E-state index contributed by atoms with van der Waals surface area (Å²) in [5.41, 5.74) is 0.545. The SMILES string of the molecule is Cc1cc(CN2CCC(CNC(=O)Nc3cccc(C(F)(F)F)c3)CC2)c(C)o1. The molecule has 3 rings (SSSR count). The Morgan fingerprint density at radius 3 is 2.55 bits per heavy atom. The number of hydrogen-bond donors (Lipinski definition) is 2. The predicted molar refractivity (Wildman–Crippen MR) is 105 cm³/mol. The summed E-state index contributed by atoms with van der Waals surface area (Å²) in [7, 11) is 0. The number of nitrogens with zero attached hydrogens (tertiary/aromatic N) is 1. The maximum Gasteiger partial charge on any atom is 0.416 e. The van der Waals surface area contributed by atoms with Gasteiger partial charge in [-0.15, -0.1) is 0 Å². The average molecular weight is 409 g/mol. The van der Waals surface area contributed by atoms with E-state index in [2.05, 4.69) is 21.6 Å². The lowest BCUT2D eigenvalue weighted by Gasteiger charge is -2.31. The number of urea groups is 1. The molecule has 1 saturated heterocycles. The molecule has 1 fully saturated rings. The van der Waals surface area contributed by atoms with Crippen LogP contribution >= 0.6 is 0 Å². The van der Waals surface area contributed by atoms with Gasteiger partial charge in [0, 0.05) is 24.3 Å². The van der Waals surface area contributed by atoms with Crippen molar-refractivity contribution in [2.45, 2.75) is 39.4 Å². The maximum absolute atomic E-state index is 12.8. The second kappa shape index (κ2) is 8.90. The van der Waals surface area contributed by atoms with E-state index in [9.17, 15) is 18.0 Å². The Hall–Kier alpha value is -2.48. The number of furan rings is 1. The van der Waals surface area contributed by atoms with Gasteiger partial charge in [0.15, 0.2) is 0 Å². The fraction of sp³-hybridized carbons (Fsp3) is 0.476. The predicted octanol–water partition coefficient (Wildman–Crippen LogP) is 4.95. The first kappa shape index (κ1) is 21.2. The molecule has 0 saturated carbocycles. The number of hydrogen-bond acceptors (Lipinski definition) is 3. The van der Waals surface area contributed by atoms with Gasteiger partial charge >= 0.3 is 12.2 Å². The van der Waals surface area contributed by atoms with Gasteiger partial charge in [-0.3, -0.25) is 4.90 Å². The molecule has 1 aromatic carbocycles. The van der Waals surface area contributed by atoms with Crippen LogP contribution in [0.5, 0.6) is 0 Å². The molecule has 158 valence electrons. The first-order valence-electron chi connectivity index (χ1n) is 9.71. The standard InChI is InChI=1S/C21H26F3N3O2/c1-14-10-17(15(2)29-14)13-27-8-6-16(7-9-27)12-25-20(28)26-19-5-3-4-18(11-19)21(22,23)24/h3-5,10-11,16H,6-9,12-13H2,1-2H3,(H2,25,26,28). The first-order chi connectivity index (χ1) is 13.7. The van der Waals surface area contributed by atoms with E-state index in [0.717, 1.165) is 56.1 Å². The molecular formula is C21H26F3N3O2. The van der Waals surface area contributed by atoms with Crippen LogP contribution in [0, 0.1) is 19.8 Å². The number of halogens is 3. The number of aryl methyl sites for hydroxylation is 2. The highest BCUT2D eigenvalue weighted by Crippen LogP contribution is 2.30. The number of piperidine rings is 1. The zero-order chi connectivity index (χ0) is 21.0. The van der Waals surface area contributed by atoms with Crippen LogP contribution in [0.25, 0.3) is 0 Å². The molecule has 5 nitrogen and oxygen atoms in total. The van der Waals surface area contributed by atoms with E-state index in [-0.39, 0.29) is 5.69 Å². The van der Waals surface area contributed by atoms with Crippen molar-refractivity contribution in [3.8, 4) is 0 Å². The molecule has 2 heterocycles. The molecule has 1 aliphatic heterocycles. The van der Waals surface area contributed by atoms with E-state index < -0.39 is 17.8 Å². The van der Waals surface area contributed by atoms with Crippen LogP contribution in [0.4, 0.5) is 23.7 Å². The third-order valence-corrected chi connectivity index (χ3v) is 5.24. The topological polar surface area (TPSA) is 57.5 Å². The number of carbonyl (C=O) groups is 1. The van der Waals surface area contributed by atoms with Crippen molar-refractivity contribution in [2.24, 2.45) is 5.92 Å². The molecular weight excluding hydrogens is 383 g/mol. The van der Waals surface area contributed by atoms with Gasteiger partial charge in [-0.1, -0.05) is 6.07 Å². The van der Waals surface area contributed by atoms with Crippen LogP contribution in [0.2, 0.25) is 0 Å². The zero-order valence-electron chi connectivity index (χ0n) is 16.6.